The van der Waals surface area contributed by atoms with E-state index in [1.165, 1.54) is 0 Å². The smallest absolute Gasteiger partial charge is 0.330 e. The van der Waals surface area contributed by atoms with Gasteiger partial charge in [0.05, 0.1) is 12.6 Å². The number of hydrogen-bond donors (Lipinski definition) is 1. The summed E-state index contributed by atoms with van der Waals surface area (Å²) in [6.07, 6.45) is -2.83. The van der Waals surface area contributed by atoms with Gasteiger partial charge in [-0.25, -0.2) is 8.78 Å². The Hall–Kier alpha value is -0.620. The predicted octanol–water partition coefficient (Wildman–Crippen LogP) is 2.85. The van der Waals surface area contributed by atoms with Crippen LogP contribution in [0.4, 0.5) is 17.6 Å². The zero-order valence-electron chi connectivity index (χ0n) is 10.1. The minimum absolute atomic E-state index is 0.0857. The van der Waals surface area contributed by atoms with Gasteiger partial charge in [0.15, 0.2) is 0 Å². The second-order valence-corrected chi connectivity index (χ2v) is 3.93. The van der Waals surface area contributed by atoms with Crippen LogP contribution >= 0.6 is 0 Å². The van der Waals surface area contributed by atoms with Crippen LogP contribution < -0.4 is 5.32 Å². The van der Waals surface area contributed by atoms with Crippen LogP contribution in [0.15, 0.2) is 12.2 Å². The average molecular weight is 257 g/mol. The van der Waals surface area contributed by atoms with Crippen molar-refractivity contribution in [3.8, 4) is 0 Å². The molecule has 1 unspecified atom stereocenters. The minimum Gasteiger partial charge on any atom is -0.373 e. The lowest BCUT2D eigenvalue weighted by atomic mass is 10.1. The molecule has 17 heavy (non-hydrogen) atoms. The van der Waals surface area contributed by atoms with E-state index in [1.54, 1.807) is 6.92 Å². The zero-order valence-corrected chi connectivity index (χ0v) is 10.1. The lowest BCUT2D eigenvalue weighted by molar-refractivity contribution is -0.166. The summed E-state index contributed by atoms with van der Waals surface area (Å²) < 4.78 is 53.4. The summed E-state index contributed by atoms with van der Waals surface area (Å²) in [5, 5.41) is 3.03. The highest BCUT2D eigenvalue weighted by Crippen LogP contribution is 2.22. The van der Waals surface area contributed by atoms with Gasteiger partial charge in [-0.05, 0) is 19.9 Å². The summed E-state index contributed by atoms with van der Waals surface area (Å²) in [5.74, 6) is -4.09. The Balaban J connectivity index is 4.01. The third kappa shape index (κ3) is 6.63. The maximum Gasteiger partial charge on any atom is 0.330 e. The largest absolute Gasteiger partial charge is 0.373 e. The fraction of sp³-hybridized carbons (Fsp3) is 0.818. The highest BCUT2D eigenvalue weighted by molar-refractivity contribution is 5.01. The standard InChI is InChI=1S/C11H19F4NO/c1-4-5-16-9(8(2)3)6-17-7-11(14,15)10(12)13/h9-10,16H,2,4-7H2,1,3H3. The van der Waals surface area contributed by atoms with Gasteiger partial charge in [-0.3, -0.25) is 0 Å². The third-order valence-electron chi connectivity index (χ3n) is 2.13. The molecule has 0 amide bonds. The zero-order chi connectivity index (χ0) is 13.5. The Labute approximate surface area is 99.0 Å². The Morgan fingerprint density at radius 3 is 2.41 bits per heavy atom. The van der Waals surface area contributed by atoms with E-state index in [9.17, 15) is 17.6 Å². The number of nitrogens with one attached hydrogen (secondary N) is 1. The maximum atomic E-state index is 12.5. The van der Waals surface area contributed by atoms with E-state index in [2.05, 4.69) is 16.6 Å². The molecule has 0 aliphatic carbocycles. The summed E-state index contributed by atoms with van der Waals surface area (Å²) in [7, 11) is 0. The van der Waals surface area contributed by atoms with Crippen molar-refractivity contribution in [2.45, 2.75) is 38.7 Å². The van der Waals surface area contributed by atoms with E-state index in [0.717, 1.165) is 12.0 Å². The van der Waals surface area contributed by atoms with E-state index in [1.807, 2.05) is 6.92 Å². The molecule has 0 rings (SSSR count). The van der Waals surface area contributed by atoms with Gasteiger partial charge in [-0.1, -0.05) is 19.1 Å². The molecule has 0 aromatic heterocycles. The lowest BCUT2D eigenvalue weighted by Gasteiger charge is -2.21. The third-order valence-corrected chi connectivity index (χ3v) is 2.13. The molecule has 0 spiro atoms. The molecule has 0 bridgehead atoms. The molecule has 0 aliphatic rings. The molecule has 0 heterocycles. The van der Waals surface area contributed by atoms with Crippen molar-refractivity contribution in [1.29, 1.82) is 0 Å². The van der Waals surface area contributed by atoms with Gasteiger partial charge < -0.3 is 10.1 Å². The topological polar surface area (TPSA) is 21.3 Å². The molecule has 0 aliphatic heterocycles. The van der Waals surface area contributed by atoms with E-state index in [-0.39, 0.29) is 12.6 Å². The Kier molecular flexibility index (Phi) is 7.38. The van der Waals surface area contributed by atoms with Crippen molar-refractivity contribution < 1.29 is 22.3 Å². The van der Waals surface area contributed by atoms with Crippen molar-refractivity contribution >= 4 is 0 Å². The second kappa shape index (κ2) is 7.66. The Morgan fingerprint density at radius 1 is 1.41 bits per heavy atom. The van der Waals surface area contributed by atoms with Crippen molar-refractivity contribution in [3.63, 3.8) is 0 Å². The predicted molar refractivity (Wildman–Crippen MR) is 58.7 cm³/mol. The van der Waals surface area contributed by atoms with Gasteiger partial charge in [-0.15, -0.1) is 0 Å². The molecule has 0 fully saturated rings. The molecule has 1 atom stereocenters. The fourth-order valence-corrected chi connectivity index (χ4v) is 1.07. The summed E-state index contributed by atoms with van der Waals surface area (Å²) in [6, 6.07) is -0.288. The molecule has 0 saturated carbocycles. The van der Waals surface area contributed by atoms with Gasteiger partial charge in [0, 0.05) is 0 Å². The SMILES string of the molecule is C=C(C)C(COCC(F)(F)C(F)F)NCCC. The van der Waals surface area contributed by atoms with Crippen LogP contribution in [0.1, 0.15) is 20.3 Å². The number of halogens is 4. The summed E-state index contributed by atoms with van der Waals surface area (Å²) in [6.45, 7) is 6.68. The van der Waals surface area contributed by atoms with E-state index < -0.39 is 19.0 Å². The van der Waals surface area contributed by atoms with Gasteiger partial charge in [0.1, 0.15) is 6.61 Å². The quantitative estimate of drug-likeness (QED) is 0.506. The number of rotatable bonds is 9. The summed E-state index contributed by atoms with van der Waals surface area (Å²) in [5.41, 5.74) is 0.721. The van der Waals surface area contributed by atoms with Crippen LogP contribution in [0, 0.1) is 0 Å². The van der Waals surface area contributed by atoms with Crippen molar-refractivity contribution in [2.75, 3.05) is 19.8 Å². The normalized spacial score (nSPS) is 14.1. The molecule has 1 N–H and O–H groups in total. The number of hydrogen-bond acceptors (Lipinski definition) is 2. The first-order valence-corrected chi connectivity index (χ1v) is 5.43. The molecular formula is C11H19F4NO. The first-order chi connectivity index (χ1) is 7.81. The van der Waals surface area contributed by atoms with Crippen LogP contribution in [0.3, 0.4) is 0 Å². The van der Waals surface area contributed by atoms with Gasteiger partial charge in [0.2, 0.25) is 0 Å². The van der Waals surface area contributed by atoms with Crippen molar-refractivity contribution in [2.24, 2.45) is 0 Å². The molecule has 102 valence electrons. The summed E-state index contributed by atoms with van der Waals surface area (Å²) in [4.78, 5) is 0. The molecular weight excluding hydrogens is 238 g/mol. The number of ether oxygens (including phenoxy) is 1. The molecule has 6 heteroatoms. The Bertz CT molecular complexity index is 234. The van der Waals surface area contributed by atoms with Crippen LogP contribution in [0.2, 0.25) is 0 Å². The fourth-order valence-electron chi connectivity index (χ4n) is 1.07. The van der Waals surface area contributed by atoms with Crippen molar-refractivity contribution in [1.82, 2.24) is 5.32 Å². The van der Waals surface area contributed by atoms with Crippen LogP contribution in [-0.4, -0.2) is 38.1 Å². The highest BCUT2D eigenvalue weighted by atomic mass is 19.3. The van der Waals surface area contributed by atoms with Crippen molar-refractivity contribution in [3.05, 3.63) is 12.2 Å². The first kappa shape index (κ1) is 16.4. The van der Waals surface area contributed by atoms with Gasteiger partial charge >= 0.3 is 12.3 Å². The molecule has 0 saturated heterocycles. The lowest BCUT2D eigenvalue weighted by Crippen LogP contribution is -2.38. The van der Waals surface area contributed by atoms with Crippen LogP contribution in [-0.2, 0) is 4.74 Å². The highest BCUT2D eigenvalue weighted by Gasteiger charge is 2.41. The van der Waals surface area contributed by atoms with E-state index in [4.69, 9.17) is 0 Å². The Morgan fingerprint density at radius 2 is 2.00 bits per heavy atom. The summed E-state index contributed by atoms with van der Waals surface area (Å²) >= 11 is 0. The van der Waals surface area contributed by atoms with Gasteiger partial charge in [-0.2, -0.15) is 8.78 Å². The molecule has 0 radical (unpaired) electrons. The molecule has 2 nitrogen and oxygen atoms in total. The van der Waals surface area contributed by atoms with E-state index >= 15 is 0 Å². The number of alkyl halides is 4. The van der Waals surface area contributed by atoms with Gasteiger partial charge in [0.25, 0.3) is 0 Å². The molecule has 0 aromatic carbocycles. The van der Waals surface area contributed by atoms with Crippen LogP contribution in [0.5, 0.6) is 0 Å². The molecule has 0 aromatic rings. The second-order valence-electron chi connectivity index (χ2n) is 3.93. The first-order valence-electron chi connectivity index (χ1n) is 5.43. The average Bonchev–Trinajstić information content (AvgIpc) is 2.22. The maximum absolute atomic E-state index is 12.5. The van der Waals surface area contributed by atoms with E-state index in [0.29, 0.717) is 6.54 Å². The van der Waals surface area contributed by atoms with Crippen LogP contribution in [0.25, 0.3) is 0 Å². The minimum atomic E-state index is -4.09. The monoisotopic (exact) mass is 257 g/mol.